The van der Waals surface area contributed by atoms with Gasteiger partial charge in [0.25, 0.3) is 5.91 Å². The van der Waals surface area contributed by atoms with Crippen LogP contribution in [0.3, 0.4) is 0 Å². The number of nitrogens with one attached hydrogen (secondary N) is 1. The molecule has 6 nitrogen and oxygen atoms in total. The highest BCUT2D eigenvalue weighted by atomic mass is 32.2. The second-order valence-electron chi connectivity index (χ2n) is 6.73. The van der Waals surface area contributed by atoms with Gasteiger partial charge in [0.2, 0.25) is 5.88 Å². The summed E-state index contributed by atoms with van der Waals surface area (Å²) in [7, 11) is 1.61. The van der Waals surface area contributed by atoms with E-state index >= 15 is 0 Å². The predicted molar refractivity (Wildman–Crippen MR) is 127 cm³/mol. The van der Waals surface area contributed by atoms with Crippen molar-refractivity contribution < 1.29 is 14.3 Å². The SMILES string of the molecule is COc1cccc(Oc2ccc(CNC(=O)c3ccccc3SCc3cscn3)cn2)c1. The van der Waals surface area contributed by atoms with Crippen LogP contribution in [-0.2, 0) is 12.3 Å². The third-order valence-corrected chi connectivity index (χ3v) is 6.25. The Labute approximate surface area is 194 Å². The maximum absolute atomic E-state index is 12.8. The lowest BCUT2D eigenvalue weighted by Crippen LogP contribution is -2.23. The summed E-state index contributed by atoms with van der Waals surface area (Å²) < 4.78 is 11.0. The van der Waals surface area contributed by atoms with Crippen molar-refractivity contribution in [1.29, 1.82) is 0 Å². The van der Waals surface area contributed by atoms with Gasteiger partial charge in [0.15, 0.2) is 0 Å². The molecule has 0 atom stereocenters. The van der Waals surface area contributed by atoms with Gasteiger partial charge in [-0.05, 0) is 29.8 Å². The van der Waals surface area contributed by atoms with E-state index in [2.05, 4.69) is 15.3 Å². The molecule has 0 aliphatic rings. The van der Waals surface area contributed by atoms with E-state index in [1.54, 1.807) is 48.5 Å². The van der Waals surface area contributed by atoms with Crippen LogP contribution in [0.4, 0.5) is 0 Å². The van der Waals surface area contributed by atoms with Gasteiger partial charge < -0.3 is 14.8 Å². The first-order chi connectivity index (χ1) is 15.7. The van der Waals surface area contributed by atoms with Crippen LogP contribution in [-0.4, -0.2) is 23.0 Å². The largest absolute Gasteiger partial charge is 0.497 e. The maximum atomic E-state index is 12.8. The number of nitrogens with zero attached hydrogens (tertiary/aromatic N) is 2. The number of thiazole rings is 1. The molecule has 1 N–H and O–H groups in total. The van der Waals surface area contributed by atoms with E-state index in [4.69, 9.17) is 9.47 Å². The summed E-state index contributed by atoms with van der Waals surface area (Å²) in [5.74, 6) is 2.43. The van der Waals surface area contributed by atoms with Crippen molar-refractivity contribution in [3.63, 3.8) is 0 Å². The zero-order chi connectivity index (χ0) is 22.2. The van der Waals surface area contributed by atoms with Crippen molar-refractivity contribution in [2.45, 2.75) is 17.2 Å². The van der Waals surface area contributed by atoms with Gasteiger partial charge in [-0.3, -0.25) is 4.79 Å². The van der Waals surface area contributed by atoms with E-state index < -0.39 is 0 Å². The summed E-state index contributed by atoms with van der Waals surface area (Å²) in [5, 5.41) is 4.99. The lowest BCUT2D eigenvalue weighted by molar-refractivity contribution is 0.0948. The van der Waals surface area contributed by atoms with Gasteiger partial charge in [0.1, 0.15) is 11.5 Å². The average molecular weight is 464 g/mol. The number of hydrogen-bond donors (Lipinski definition) is 1. The molecule has 0 spiro atoms. The highest BCUT2D eigenvalue weighted by Gasteiger charge is 2.12. The highest BCUT2D eigenvalue weighted by molar-refractivity contribution is 7.98. The van der Waals surface area contributed by atoms with E-state index in [0.29, 0.717) is 29.5 Å². The van der Waals surface area contributed by atoms with E-state index in [1.807, 2.05) is 59.4 Å². The second-order valence-corrected chi connectivity index (χ2v) is 8.47. The number of pyridine rings is 1. The van der Waals surface area contributed by atoms with Gasteiger partial charge in [0, 0.05) is 40.9 Å². The predicted octanol–water partition coefficient (Wildman–Crippen LogP) is 5.56. The fourth-order valence-electron chi connectivity index (χ4n) is 2.88. The zero-order valence-corrected chi connectivity index (χ0v) is 19.0. The van der Waals surface area contributed by atoms with E-state index in [1.165, 1.54) is 0 Å². The highest BCUT2D eigenvalue weighted by Crippen LogP contribution is 2.27. The Kier molecular flexibility index (Phi) is 7.37. The summed E-state index contributed by atoms with van der Waals surface area (Å²) in [6.07, 6.45) is 1.69. The fraction of sp³-hybridized carbons (Fsp3) is 0.125. The number of carbonyl (C=O) groups is 1. The van der Waals surface area contributed by atoms with Crippen LogP contribution in [0.1, 0.15) is 21.6 Å². The molecule has 2 aromatic carbocycles. The molecule has 0 aliphatic heterocycles. The monoisotopic (exact) mass is 463 g/mol. The molecule has 0 bridgehead atoms. The Bertz CT molecular complexity index is 1170. The number of rotatable bonds is 9. The fourth-order valence-corrected chi connectivity index (χ4v) is 4.50. The molecule has 0 fully saturated rings. The van der Waals surface area contributed by atoms with E-state index in [9.17, 15) is 4.79 Å². The van der Waals surface area contributed by atoms with Gasteiger partial charge in [-0.2, -0.15) is 0 Å². The van der Waals surface area contributed by atoms with Crippen molar-refractivity contribution in [3.05, 3.63) is 94.6 Å². The third kappa shape index (κ3) is 5.87. The van der Waals surface area contributed by atoms with Crippen LogP contribution >= 0.6 is 23.1 Å². The van der Waals surface area contributed by atoms with Crippen LogP contribution in [0, 0.1) is 0 Å². The summed E-state index contributed by atoms with van der Waals surface area (Å²) in [5.41, 5.74) is 4.36. The van der Waals surface area contributed by atoms with Crippen LogP contribution in [0.2, 0.25) is 0 Å². The normalized spacial score (nSPS) is 10.5. The summed E-state index contributed by atoms with van der Waals surface area (Å²) >= 11 is 3.18. The molecule has 0 radical (unpaired) electrons. The number of benzene rings is 2. The van der Waals surface area contributed by atoms with Crippen molar-refractivity contribution in [2.75, 3.05) is 7.11 Å². The Morgan fingerprint density at radius 2 is 1.94 bits per heavy atom. The molecule has 8 heteroatoms. The van der Waals surface area contributed by atoms with Crippen molar-refractivity contribution in [2.24, 2.45) is 0 Å². The van der Waals surface area contributed by atoms with Crippen molar-refractivity contribution in [3.8, 4) is 17.4 Å². The molecule has 0 saturated carbocycles. The summed E-state index contributed by atoms with van der Waals surface area (Å²) in [6, 6.07) is 18.6. The van der Waals surface area contributed by atoms with Crippen LogP contribution in [0.5, 0.6) is 17.4 Å². The summed E-state index contributed by atoms with van der Waals surface area (Å²) in [6.45, 7) is 0.371. The average Bonchev–Trinajstić information content (AvgIpc) is 3.36. The molecule has 32 heavy (non-hydrogen) atoms. The standard InChI is InChI=1S/C24H21N3O3S2/c1-29-19-5-4-6-20(11-19)30-23-10-9-17(12-25-23)13-26-24(28)21-7-2-3-8-22(21)32-15-18-14-31-16-27-18/h2-12,14,16H,13,15H2,1H3,(H,26,28). The number of aromatic nitrogens is 2. The Balaban J connectivity index is 1.34. The quantitative estimate of drug-likeness (QED) is 0.328. The van der Waals surface area contributed by atoms with E-state index in [-0.39, 0.29) is 5.91 Å². The van der Waals surface area contributed by atoms with Crippen LogP contribution in [0.15, 0.2) is 82.6 Å². The third-order valence-electron chi connectivity index (χ3n) is 4.50. The topological polar surface area (TPSA) is 73.3 Å². The second kappa shape index (κ2) is 10.8. The first-order valence-electron chi connectivity index (χ1n) is 9.85. The lowest BCUT2D eigenvalue weighted by atomic mass is 10.2. The molecular formula is C24H21N3O3S2. The van der Waals surface area contributed by atoms with Gasteiger partial charge in [-0.15, -0.1) is 23.1 Å². The first-order valence-corrected chi connectivity index (χ1v) is 11.8. The first kappa shape index (κ1) is 21.9. The van der Waals surface area contributed by atoms with Crippen LogP contribution < -0.4 is 14.8 Å². The molecule has 2 heterocycles. The van der Waals surface area contributed by atoms with Crippen LogP contribution in [0.25, 0.3) is 0 Å². The molecule has 4 aromatic rings. The molecule has 0 unspecified atom stereocenters. The number of ether oxygens (including phenoxy) is 2. The lowest BCUT2D eigenvalue weighted by Gasteiger charge is -2.10. The van der Waals surface area contributed by atoms with Crippen molar-refractivity contribution >= 4 is 29.0 Å². The van der Waals surface area contributed by atoms with Gasteiger partial charge in [-0.1, -0.05) is 24.3 Å². The number of amides is 1. The van der Waals surface area contributed by atoms with Gasteiger partial charge in [0.05, 0.1) is 23.9 Å². The molecular weight excluding hydrogens is 442 g/mol. The molecule has 2 aromatic heterocycles. The zero-order valence-electron chi connectivity index (χ0n) is 17.4. The molecule has 1 amide bonds. The van der Waals surface area contributed by atoms with Gasteiger partial charge >= 0.3 is 0 Å². The minimum Gasteiger partial charge on any atom is -0.497 e. The van der Waals surface area contributed by atoms with Gasteiger partial charge in [-0.25, -0.2) is 9.97 Å². The van der Waals surface area contributed by atoms with E-state index in [0.717, 1.165) is 21.9 Å². The molecule has 0 aliphatic carbocycles. The minimum absolute atomic E-state index is 0.122. The molecule has 0 saturated heterocycles. The molecule has 162 valence electrons. The number of methoxy groups -OCH3 is 1. The summed E-state index contributed by atoms with van der Waals surface area (Å²) in [4.78, 5) is 22.3. The number of carbonyl (C=O) groups excluding carboxylic acids is 1. The maximum Gasteiger partial charge on any atom is 0.252 e. The Hall–Kier alpha value is -3.36. The minimum atomic E-state index is -0.122. The Morgan fingerprint density at radius 1 is 1.06 bits per heavy atom. The Morgan fingerprint density at radius 3 is 2.72 bits per heavy atom. The number of thioether (sulfide) groups is 1. The number of hydrogen-bond acceptors (Lipinski definition) is 7. The molecule has 4 rings (SSSR count). The van der Waals surface area contributed by atoms with Crippen molar-refractivity contribution in [1.82, 2.24) is 15.3 Å². The smallest absolute Gasteiger partial charge is 0.252 e.